The SMILES string of the molecule is O=C(NOCC1CC1)c1cc2c(ncn2CCN2CCNCC2)c(F)c1Nc1ccc(Br)cc1Cl. The number of amides is 1. The first-order valence-corrected chi connectivity index (χ1v) is 12.9. The normalized spacial score (nSPS) is 16.5. The largest absolute Gasteiger partial charge is 0.351 e. The Bertz CT molecular complexity index is 1230. The summed E-state index contributed by atoms with van der Waals surface area (Å²) in [6, 6.07) is 6.86. The molecule has 0 unspecified atom stereocenters. The maximum Gasteiger partial charge on any atom is 0.277 e. The number of benzene rings is 2. The van der Waals surface area contributed by atoms with E-state index in [1.54, 1.807) is 30.6 Å². The first-order valence-electron chi connectivity index (χ1n) is 11.7. The lowest BCUT2D eigenvalue weighted by Crippen LogP contribution is -2.44. The number of hydroxylamine groups is 1. The van der Waals surface area contributed by atoms with E-state index in [2.05, 4.69) is 41.9 Å². The lowest BCUT2D eigenvalue weighted by Gasteiger charge is -2.27. The van der Waals surface area contributed by atoms with E-state index in [0.29, 0.717) is 35.3 Å². The maximum absolute atomic E-state index is 15.8. The van der Waals surface area contributed by atoms with Crippen LogP contribution >= 0.6 is 27.5 Å². The Kier molecular flexibility index (Phi) is 7.54. The van der Waals surface area contributed by atoms with Crippen LogP contribution in [-0.2, 0) is 11.4 Å². The average molecular weight is 566 g/mol. The van der Waals surface area contributed by atoms with Crippen LogP contribution in [-0.4, -0.2) is 59.7 Å². The molecule has 1 aliphatic carbocycles. The fraction of sp³-hybridized carbons (Fsp3) is 0.417. The second kappa shape index (κ2) is 10.8. The Morgan fingerprint density at radius 3 is 2.80 bits per heavy atom. The summed E-state index contributed by atoms with van der Waals surface area (Å²) >= 11 is 9.73. The van der Waals surface area contributed by atoms with Crippen LogP contribution in [0, 0.1) is 11.7 Å². The van der Waals surface area contributed by atoms with Gasteiger partial charge in [-0.15, -0.1) is 0 Å². The number of hydrogen-bond donors (Lipinski definition) is 3. The highest BCUT2D eigenvalue weighted by Crippen LogP contribution is 2.34. The molecule has 1 aliphatic heterocycles. The van der Waals surface area contributed by atoms with Crippen LogP contribution in [0.15, 0.2) is 35.1 Å². The molecule has 1 aromatic heterocycles. The van der Waals surface area contributed by atoms with Gasteiger partial charge in [0.2, 0.25) is 0 Å². The number of hydrogen-bond acceptors (Lipinski definition) is 6. The minimum atomic E-state index is -0.616. The van der Waals surface area contributed by atoms with Crippen molar-refractivity contribution in [2.45, 2.75) is 19.4 Å². The van der Waals surface area contributed by atoms with Gasteiger partial charge in [0.25, 0.3) is 5.91 Å². The molecule has 2 aromatic carbocycles. The van der Waals surface area contributed by atoms with Crippen molar-refractivity contribution >= 4 is 55.8 Å². The second-order valence-corrected chi connectivity index (χ2v) is 10.3. The fourth-order valence-corrected chi connectivity index (χ4v) is 4.83. The van der Waals surface area contributed by atoms with E-state index in [-0.39, 0.29) is 16.8 Å². The number of carbonyl (C=O) groups excluding carboxylic acids is 1. The van der Waals surface area contributed by atoms with Crippen LogP contribution in [0.3, 0.4) is 0 Å². The second-order valence-electron chi connectivity index (χ2n) is 8.95. The van der Waals surface area contributed by atoms with Crippen LogP contribution in [0.25, 0.3) is 11.0 Å². The summed E-state index contributed by atoms with van der Waals surface area (Å²) in [6.07, 6.45) is 3.81. The van der Waals surface area contributed by atoms with Crippen molar-refractivity contribution in [3.8, 4) is 0 Å². The van der Waals surface area contributed by atoms with Crippen LogP contribution in [0.2, 0.25) is 5.02 Å². The molecule has 186 valence electrons. The molecular weight excluding hydrogens is 539 g/mol. The highest BCUT2D eigenvalue weighted by atomic mass is 79.9. The summed E-state index contributed by atoms with van der Waals surface area (Å²) in [5, 5.41) is 6.73. The molecule has 0 spiro atoms. The van der Waals surface area contributed by atoms with E-state index in [4.69, 9.17) is 16.4 Å². The number of aromatic nitrogens is 2. The maximum atomic E-state index is 15.8. The third-order valence-electron chi connectivity index (χ3n) is 6.34. The van der Waals surface area contributed by atoms with Gasteiger partial charge in [-0.25, -0.2) is 14.9 Å². The average Bonchev–Trinajstić information content (AvgIpc) is 3.59. The summed E-state index contributed by atoms with van der Waals surface area (Å²) in [5.41, 5.74) is 3.81. The van der Waals surface area contributed by atoms with Crippen molar-refractivity contribution in [3.63, 3.8) is 0 Å². The molecule has 2 aliphatic rings. The molecule has 8 nitrogen and oxygen atoms in total. The van der Waals surface area contributed by atoms with Crippen LogP contribution in [0.4, 0.5) is 15.8 Å². The van der Waals surface area contributed by atoms with Crippen molar-refractivity contribution < 1.29 is 14.0 Å². The zero-order chi connectivity index (χ0) is 24.4. The van der Waals surface area contributed by atoms with Crippen molar-refractivity contribution in [3.05, 3.63) is 51.5 Å². The van der Waals surface area contributed by atoms with Gasteiger partial charge in [0.05, 0.1) is 40.4 Å². The Hall–Kier alpha value is -2.24. The molecule has 3 N–H and O–H groups in total. The van der Waals surface area contributed by atoms with E-state index in [1.165, 1.54) is 0 Å². The fourth-order valence-electron chi connectivity index (χ4n) is 4.11. The quantitative estimate of drug-likeness (QED) is 0.336. The molecule has 2 fully saturated rings. The molecule has 1 saturated heterocycles. The van der Waals surface area contributed by atoms with Crippen molar-refractivity contribution in [1.29, 1.82) is 0 Å². The monoisotopic (exact) mass is 564 g/mol. The summed E-state index contributed by atoms with van der Waals surface area (Å²) in [5.74, 6) is -0.674. The number of rotatable bonds is 9. The van der Waals surface area contributed by atoms with Gasteiger partial charge in [-0.1, -0.05) is 27.5 Å². The first-order chi connectivity index (χ1) is 17.0. The Morgan fingerprint density at radius 2 is 2.06 bits per heavy atom. The molecule has 5 rings (SSSR count). The van der Waals surface area contributed by atoms with Crippen molar-refractivity contribution in [2.75, 3.05) is 44.6 Å². The van der Waals surface area contributed by atoms with E-state index in [1.807, 2.05) is 4.57 Å². The van der Waals surface area contributed by atoms with Crippen LogP contribution < -0.4 is 16.1 Å². The lowest BCUT2D eigenvalue weighted by atomic mass is 10.1. The lowest BCUT2D eigenvalue weighted by molar-refractivity contribution is 0.0271. The predicted molar refractivity (Wildman–Crippen MR) is 138 cm³/mol. The third-order valence-corrected chi connectivity index (χ3v) is 7.15. The van der Waals surface area contributed by atoms with E-state index in [0.717, 1.165) is 50.0 Å². The number of nitrogens with zero attached hydrogens (tertiary/aromatic N) is 3. The number of anilines is 2. The molecule has 0 atom stereocenters. The Labute approximate surface area is 216 Å². The number of piperazine rings is 1. The Morgan fingerprint density at radius 1 is 1.26 bits per heavy atom. The molecular formula is C24H27BrClFN6O2. The van der Waals surface area contributed by atoms with Crippen LogP contribution in [0.1, 0.15) is 23.2 Å². The first kappa shape index (κ1) is 24.5. The van der Waals surface area contributed by atoms with Gasteiger partial charge in [0.1, 0.15) is 5.52 Å². The minimum Gasteiger partial charge on any atom is -0.351 e. The highest BCUT2D eigenvalue weighted by molar-refractivity contribution is 9.10. The van der Waals surface area contributed by atoms with E-state index < -0.39 is 11.7 Å². The number of nitrogens with one attached hydrogen (secondary N) is 3. The van der Waals surface area contributed by atoms with E-state index in [9.17, 15) is 4.79 Å². The summed E-state index contributed by atoms with van der Waals surface area (Å²) < 4.78 is 18.5. The van der Waals surface area contributed by atoms with Crippen LogP contribution in [0.5, 0.6) is 0 Å². The van der Waals surface area contributed by atoms with Gasteiger partial charge in [0.15, 0.2) is 5.82 Å². The van der Waals surface area contributed by atoms with Gasteiger partial charge in [-0.3, -0.25) is 14.5 Å². The third kappa shape index (κ3) is 5.78. The van der Waals surface area contributed by atoms with E-state index >= 15 is 4.39 Å². The summed E-state index contributed by atoms with van der Waals surface area (Å²) in [4.78, 5) is 25.2. The number of fused-ring (bicyclic) bond motifs is 1. The van der Waals surface area contributed by atoms with Gasteiger partial charge in [-0.2, -0.15) is 0 Å². The zero-order valence-corrected chi connectivity index (χ0v) is 21.5. The standard InChI is InChI=1S/C24H27BrClFN6O2/c25-16-3-4-19(18(26)11-16)30-22-17(24(34)31-35-13-15-1-2-15)12-20-23(21(22)27)29-14-33(20)10-9-32-7-5-28-6-8-32/h3-4,11-12,14-15,28,30H,1-2,5-10,13H2,(H,31,34). The number of imidazole rings is 1. The van der Waals surface area contributed by atoms with Crippen molar-refractivity contribution in [2.24, 2.45) is 5.92 Å². The Balaban J connectivity index is 1.46. The number of carbonyl (C=O) groups is 1. The zero-order valence-electron chi connectivity index (χ0n) is 19.1. The molecule has 1 amide bonds. The molecule has 35 heavy (non-hydrogen) atoms. The molecule has 0 bridgehead atoms. The minimum absolute atomic E-state index is 0.00148. The van der Waals surface area contributed by atoms with Gasteiger partial charge >= 0.3 is 0 Å². The molecule has 0 radical (unpaired) electrons. The van der Waals surface area contributed by atoms with Gasteiger partial charge in [0, 0.05) is 43.7 Å². The van der Waals surface area contributed by atoms with Crippen molar-refractivity contribution in [1.82, 2.24) is 25.2 Å². The topological polar surface area (TPSA) is 83.5 Å². The molecule has 2 heterocycles. The smallest absolute Gasteiger partial charge is 0.277 e. The van der Waals surface area contributed by atoms with Gasteiger partial charge < -0.3 is 15.2 Å². The molecule has 11 heteroatoms. The predicted octanol–water partition coefficient (Wildman–Crippen LogP) is 4.31. The highest BCUT2D eigenvalue weighted by Gasteiger charge is 2.25. The summed E-state index contributed by atoms with van der Waals surface area (Å²) in [6.45, 7) is 5.75. The summed E-state index contributed by atoms with van der Waals surface area (Å²) in [7, 11) is 0. The number of halogens is 3. The molecule has 3 aromatic rings. The van der Waals surface area contributed by atoms with Gasteiger partial charge in [-0.05, 0) is 43.0 Å². The molecule has 1 saturated carbocycles.